The van der Waals surface area contributed by atoms with Crippen LogP contribution < -0.4 is 4.90 Å². The Balaban J connectivity index is 1.80. The summed E-state index contributed by atoms with van der Waals surface area (Å²) in [4.78, 5) is 2.63. The minimum Gasteiger partial charge on any atom is -0.371 e. The quantitative estimate of drug-likeness (QED) is 0.455. The fraction of sp³-hybridized carbons (Fsp3) is 0.407. The summed E-state index contributed by atoms with van der Waals surface area (Å²) < 4.78 is 0. The first-order valence-corrected chi connectivity index (χ1v) is 10.9. The predicted octanol–water partition coefficient (Wildman–Crippen LogP) is 6.81. The van der Waals surface area contributed by atoms with Gasteiger partial charge in [0.05, 0.1) is 0 Å². The molecule has 0 aliphatic carbocycles. The first-order valence-electron chi connectivity index (χ1n) is 10.9. The molecule has 3 aromatic carbocycles. The van der Waals surface area contributed by atoms with Crippen LogP contribution in [0.4, 0.5) is 5.69 Å². The number of hydrogen-bond donors (Lipinski definition) is 0. The zero-order valence-electron chi connectivity index (χ0n) is 17.7. The molecule has 0 aromatic heterocycles. The number of benzene rings is 3. The van der Waals surface area contributed by atoms with E-state index in [1.54, 1.807) is 16.8 Å². The summed E-state index contributed by atoms with van der Waals surface area (Å²) in [5.41, 5.74) is 10.6. The van der Waals surface area contributed by atoms with E-state index in [0.717, 1.165) is 0 Å². The molecular formula is C27H31N. The van der Waals surface area contributed by atoms with E-state index in [1.165, 1.54) is 71.8 Å². The molecule has 0 spiro atoms. The first-order chi connectivity index (χ1) is 13.4. The van der Waals surface area contributed by atoms with E-state index in [1.807, 2.05) is 0 Å². The van der Waals surface area contributed by atoms with Crippen molar-refractivity contribution in [1.29, 1.82) is 0 Å². The van der Waals surface area contributed by atoms with Crippen LogP contribution in [0.15, 0.2) is 42.5 Å². The zero-order chi connectivity index (χ0) is 19.5. The molecule has 0 fully saturated rings. The molecular weight excluding hydrogens is 338 g/mol. The predicted molar refractivity (Wildman–Crippen MR) is 122 cm³/mol. The molecule has 5 rings (SSSR count). The fourth-order valence-electron chi connectivity index (χ4n) is 5.50. The van der Waals surface area contributed by atoms with E-state index in [4.69, 9.17) is 0 Å². The van der Waals surface area contributed by atoms with Crippen LogP contribution >= 0.6 is 0 Å². The lowest BCUT2D eigenvalue weighted by molar-refractivity contribution is 0.587. The summed E-state index contributed by atoms with van der Waals surface area (Å²) in [6.45, 7) is 11.8. The Morgan fingerprint density at radius 3 is 2.04 bits per heavy atom. The van der Waals surface area contributed by atoms with Gasteiger partial charge < -0.3 is 4.90 Å². The van der Waals surface area contributed by atoms with Gasteiger partial charge in [-0.15, -0.1) is 0 Å². The lowest BCUT2D eigenvalue weighted by atomic mass is 9.79. The van der Waals surface area contributed by atoms with Crippen molar-refractivity contribution in [3.8, 4) is 11.1 Å². The maximum absolute atomic E-state index is 2.63. The summed E-state index contributed by atoms with van der Waals surface area (Å²) in [7, 11) is 0. The van der Waals surface area contributed by atoms with Gasteiger partial charge in [0.2, 0.25) is 0 Å². The second kappa shape index (κ2) is 6.37. The lowest BCUT2D eigenvalue weighted by Crippen LogP contribution is -2.34. The van der Waals surface area contributed by atoms with Gasteiger partial charge in [-0.1, -0.05) is 45.0 Å². The molecule has 28 heavy (non-hydrogen) atoms. The highest BCUT2D eigenvalue weighted by atomic mass is 15.1. The Kier molecular flexibility index (Phi) is 4.05. The number of hydrogen-bond acceptors (Lipinski definition) is 1. The van der Waals surface area contributed by atoms with E-state index in [9.17, 15) is 0 Å². The van der Waals surface area contributed by atoms with E-state index in [0.29, 0.717) is 0 Å². The van der Waals surface area contributed by atoms with E-state index in [-0.39, 0.29) is 5.41 Å². The van der Waals surface area contributed by atoms with Crippen molar-refractivity contribution >= 4 is 16.5 Å². The number of nitrogens with zero attached hydrogens (tertiary/aromatic N) is 1. The Bertz CT molecular complexity index is 1040. The molecule has 1 nitrogen and oxygen atoms in total. The first kappa shape index (κ1) is 17.8. The highest BCUT2D eigenvalue weighted by Gasteiger charge is 2.26. The van der Waals surface area contributed by atoms with Crippen LogP contribution in [-0.4, -0.2) is 13.1 Å². The van der Waals surface area contributed by atoms with Gasteiger partial charge >= 0.3 is 0 Å². The highest BCUT2D eigenvalue weighted by molar-refractivity contribution is 6.00. The molecule has 0 bridgehead atoms. The molecule has 0 radical (unpaired) electrons. The average molecular weight is 370 g/mol. The van der Waals surface area contributed by atoms with Gasteiger partial charge in [-0.05, 0) is 100 Å². The van der Waals surface area contributed by atoms with Crippen LogP contribution in [0.1, 0.15) is 55.9 Å². The second-order valence-corrected chi connectivity index (χ2v) is 9.73. The Morgan fingerprint density at radius 1 is 0.821 bits per heavy atom. The highest BCUT2D eigenvalue weighted by Crippen LogP contribution is 2.42. The molecule has 1 heteroatoms. The van der Waals surface area contributed by atoms with Gasteiger partial charge in [0.25, 0.3) is 0 Å². The molecule has 0 unspecified atom stereocenters. The van der Waals surface area contributed by atoms with Gasteiger partial charge in [0.15, 0.2) is 0 Å². The maximum Gasteiger partial charge on any atom is 0.0431 e. The normalized spacial score (nSPS) is 16.4. The topological polar surface area (TPSA) is 3.24 Å². The van der Waals surface area contributed by atoms with Crippen molar-refractivity contribution in [1.82, 2.24) is 0 Å². The van der Waals surface area contributed by atoms with Gasteiger partial charge in [0.1, 0.15) is 0 Å². The minimum atomic E-state index is 0.141. The molecule has 0 amide bonds. The van der Waals surface area contributed by atoms with Gasteiger partial charge in [-0.3, -0.25) is 0 Å². The third-order valence-corrected chi connectivity index (χ3v) is 6.77. The average Bonchev–Trinajstić information content (AvgIpc) is 2.68. The molecule has 2 aliphatic heterocycles. The molecule has 144 valence electrons. The van der Waals surface area contributed by atoms with Crippen LogP contribution in [0.2, 0.25) is 0 Å². The van der Waals surface area contributed by atoms with E-state index >= 15 is 0 Å². The van der Waals surface area contributed by atoms with Gasteiger partial charge in [-0.2, -0.15) is 0 Å². The summed E-state index contributed by atoms with van der Waals surface area (Å²) in [5, 5.41) is 2.79. The number of anilines is 1. The SMILES string of the molecule is Cc1c(C(C)(C)C)cc(-c2cc3c4c(c2)CCCN4CCC3)c2ccccc12. The van der Waals surface area contributed by atoms with E-state index in [2.05, 4.69) is 75.1 Å². The van der Waals surface area contributed by atoms with Crippen molar-refractivity contribution in [3.63, 3.8) is 0 Å². The van der Waals surface area contributed by atoms with Crippen LogP contribution in [-0.2, 0) is 18.3 Å². The molecule has 0 saturated carbocycles. The standard InChI is InChI=1S/C27H31N/c1-18-22-11-5-6-12-23(22)24(17-25(18)27(2,3)4)21-15-19-9-7-13-28-14-8-10-20(16-21)26(19)28/h5-6,11-12,15-17H,7-10,13-14H2,1-4H3. The molecule has 2 heterocycles. The minimum absolute atomic E-state index is 0.141. The number of aryl methyl sites for hydroxylation is 3. The summed E-state index contributed by atoms with van der Waals surface area (Å²) in [6, 6.07) is 16.5. The van der Waals surface area contributed by atoms with Crippen LogP contribution in [0.5, 0.6) is 0 Å². The third-order valence-electron chi connectivity index (χ3n) is 6.77. The van der Waals surface area contributed by atoms with E-state index < -0.39 is 0 Å². The van der Waals surface area contributed by atoms with Crippen molar-refractivity contribution in [2.75, 3.05) is 18.0 Å². The third kappa shape index (κ3) is 2.75. The molecule has 2 aliphatic rings. The smallest absolute Gasteiger partial charge is 0.0431 e. The maximum atomic E-state index is 2.63. The number of fused-ring (bicyclic) bond motifs is 1. The fourth-order valence-corrected chi connectivity index (χ4v) is 5.50. The molecule has 0 N–H and O–H groups in total. The molecule has 0 saturated heterocycles. The number of rotatable bonds is 1. The monoisotopic (exact) mass is 369 g/mol. The molecule has 3 aromatic rings. The van der Waals surface area contributed by atoms with Crippen LogP contribution in [0.25, 0.3) is 21.9 Å². The Morgan fingerprint density at radius 2 is 1.43 bits per heavy atom. The lowest BCUT2D eigenvalue weighted by Gasteiger charge is -2.37. The summed E-state index contributed by atoms with van der Waals surface area (Å²) >= 11 is 0. The van der Waals surface area contributed by atoms with Gasteiger partial charge in [0, 0.05) is 18.8 Å². The largest absolute Gasteiger partial charge is 0.371 e. The Labute approximate surface area is 169 Å². The Hall–Kier alpha value is -2.28. The second-order valence-electron chi connectivity index (χ2n) is 9.73. The van der Waals surface area contributed by atoms with Crippen molar-refractivity contribution in [2.45, 2.75) is 58.8 Å². The van der Waals surface area contributed by atoms with Crippen molar-refractivity contribution in [2.24, 2.45) is 0 Å². The van der Waals surface area contributed by atoms with Crippen LogP contribution in [0, 0.1) is 6.92 Å². The van der Waals surface area contributed by atoms with Gasteiger partial charge in [-0.25, -0.2) is 0 Å². The van der Waals surface area contributed by atoms with Crippen molar-refractivity contribution < 1.29 is 0 Å². The molecule has 0 atom stereocenters. The summed E-state index contributed by atoms with van der Waals surface area (Å²) in [6.07, 6.45) is 5.03. The zero-order valence-corrected chi connectivity index (χ0v) is 17.7. The summed E-state index contributed by atoms with van der Waals surface area (Å²) in [5.74, 6) is 0. The van der Waals surface area contributed by atoms with Crippen molar-refractivity contribution in [3.05, 3.63) is 64.7 Å². The van der Waals surface area contributed by atoms with Crippen LogP contribution in [0.3, 0.4) is 0 Å².